The van der Waals surface area contributed by atoms with Crippen molar-refractivity contribution < 1.29 is 53.4 Å². The zero-order valence-electron chi connectivity index (χ0n) is 25.2. The van der Waals surface area contributed by atoms with Crippen molar-refractivity contribution in [2.45, 2.75) is 26.9 Å². The number of carbonyl (C=O) groups is 4. The van der Waals surface area contributed by atoms with E-state index in [0.717, 1.165) is 31.2 Å². The van der Waals surface area contributed by atoms with Crippen LogP contribution in [-0.2, 0) is 17.8 Å². The van der Waals surface area contributed by atoms with Gasteiger partial charge >= 0.3 is 30.8 Å². The molecule has 0 radical (unpaired) electrons. The molecule has 4 aromatic carbocycles. The summed E-state index contributed by atoms with van der Waals surface area (Å²) in [4.78, 5) is 46.5. The van der Waals surface area contributed by atoms with Crippen molar-refractivity contribution in [3.8, 4) is 0 Å². The molecular formula is C33H31Br2LiN2O7. The van der Waals surface area contributed by atoms with Gasteiger partial charge in [0.2, 0.25) is 0 Å². The fraction of sp³-hybridized carbons (Fsp3) is 0.152. The van der Waals surface area contributed by atoms with Crippen molar-refractivity contribution in [3.63, 3.8) is 0 Å². The summed E-state index contributed by atoms with van der Waals surface area (Å²) < 4.78 is 6.44. The summed E-state index contributed by atoms with van der Waals surface area (Å²) in [6.45, 7) is 4.52. The number of rotatable bonds is 8. The monoisotopic (exact) mass is 732 g/mol. The van der Waals surface area contributed by atoms with E-state index in [4.69, 9.17) is 5.11 Å². The molecule has 45 heavy (non-hydrogen) atoms. The maximum Gasteiger partial charge on any atom is 1.00 e. The minimum absolute atomic E-state index is 0. The molecule has 0 spiro atoms. The number of aromatic carboxylic acids is 1. The largest absolute Gasteiger partial charge is 1.00 e. The second-order valence-electron chi connectivity index (χ2n) is 9.38. The predicted molar refractivity (Wildman–Crippen MR) is 173 cm³/mol. The maximum atomic E-state index is 12.2. The van der Waals surface area contributed by atoms with E-state index in [2.05, 4.69) is 47.2 Å². The normalized spacial score (nSPS) is 9.71. The molecular weight excluding hydrogens is 703 g/mol. The van der Waals surface area contributed by atoms with Crippen LogP contribution >= 0.6 is 31.9 Å². The molecule has 0 bridgehead atoms. The molecule has 4 N–H and O–H groups in total. The molecule has 0 unspecified atom stereocenters. The van der Waals surface area contributed by atoms with Crippen LogP contribution in [0.5, 0.6) is 0 Å². The van der Waals surface area contributed by atoms with Crippen LogP contribution < -0.4 is 29.5 Å². The molecule has 0 aliphatic carbocycles. The molecule has 0 aliphatic rings. The molecule has 0 aliphatic heterocycles. The number of ether oxygens (including phenoxy) is 1. The Labute approximate surface area is 290 Å². The van der Waals surface area contributed by atoms with Gasteiger partial charge in [-0.25, -0.2) is 9.59 Å². The number of methoxy groups -OCH3 is 1. The molecule has 4 aromatic rings. The summed E-state index contributed by atoms with van der Waals surface area (Å²) >= 11 is 6.81. The molecule has 0 atom stereocenters. The van der Waals surface area contributed by atoms with Crippen LogP contribution in [-0.4, -0.2) is 41.4 Å². The summed E-state index contributed by atoms with van der Waals surface area (Å²) in [5.74, 6) is -1.62. The van der Waals surface area contributed by atoms with Gasteiger partial charge in [0, 0.05) is 33.2 Å². The zero-order valence-corrected chi connectivity index (χ0v) is 28.4. The topological polar surface area (TPSA) is 152 Å². The number of carbonyl (C=O) groups excluding carboxylic acids is 3. The molecule has 0 aromatic heterocycles. The first-order chi connectivity index (χ1) is 20.5. The van der Waals surface area contributed by atoms with E-state index in [1.165, 1.54) is 19.2 Å². The average molecular weight is 734 g/mol. The Morgan fingerprint density at radius 3 is 1.40 bits per heavy atom. The number of halogens is 2. The van der Waals surface area contributed by atoms with Crippen molar-refractivity contribution in [1.29, 1.82) is 0 Å². The van der Waals surface area contributed by atoms with E-state index in [1.807, 2.05) is 38.1 Å². The Balaban J connectivity index is 0.000000431. The van der Waals surface area contributed by atoms with Gasteiger partial charge in [-0.1, -0.05) is 68.3 Å². The van der Waals surface area contributed by atoms with Crippen LogP contribution in [0.25, 0.3) is 0 Å². The number of hydrogen-bond acceptors (Lipinski definition) is 6. The Morgan fingerprint density at radius 2 is 1.04 bits per heavy atom. The van der Waals surface area contributed by atoms with Gasteiger partial charge < -0.3 is 26.0 Å². The van der Waals surface area contributed by atoms with Crippen molar-refractivity contribution in [2.75, 3.05) is 7.11 Å². The van der Waals surface area contributed by atoms with Crippen LogP contribution in [0.3, 0.4) is 0 Å². The van der Waals surface area contributed by atoms with Crippen LogP contribution in [0.15, 0.2) is 93.9 Å². The van der Waals surface area contributed by atoms with Crippen LogP contribution in [0, 0.1) is 13.8 Å². The van der Waals surface area contributed by atoms with E-state index >= 15 is 0 Å². The van der Waals surface area contributed by atoms with E-state index in [1.54, 1.807) is 48.5 Å². The van der Waals surface area contributed by atoms with Crippen molar-refractivity contribution in [2.24, 2.45) is 0 Å². The number of carboxylic acid groups (broad SMARTS) is 1. The van der Waals surface area contributed by atoms with Gasteiger partial charge in [0.15, 0.2) is 0 Å². The Kier molecular flexibility index (Phi) is 16.5. The van der Waals surface area contributed by atoms with E-state index < -0.39 is 5.97 Å². The third kappa shape index (κ3) is 11.3. The first-order valence-electron chi connectivity index (χ1n) is 13.1. The molecule has 0 saturated heterocycles. The second-order valence-corrected chi connectivity index (χ2v) is 11.1. The summed E-state index contributed by atoms with van der Waals surface area (Å²) in [7, 11) is 1.34. The predicted octanol–water partition coefficient (Wildman–Crippen LogP) is 3.69. The molecule has 12 heteroatoms. The van der Waals surface area contributed by atoms with Gasteiger partial charge in [-0.3, -0.25) is 9.59 Å². The SMILES string of the molecule is COC(=O)c1ccc(CNC(=O)c2cccc(Br)c2C)cc1.Cc1c(Br)cccc1C(=O)NCc1ccc(C(=O)O)cc1.[Li+].[OH-]. The Hall–Kier alpha value is -3.72. The summed E-state index contributed by atoms with van der Waals surface area (Å²) in [6.07, 6.45) is 0. The van der Waals surface area contributed by atoms with Gasteiger partial charge in [0.05, 0.1) is 18.2 Å². The number of carboxylic acids is 1. The summed E-state index contributed by atoms with van der Waals surface area (Å²) in [6, 6.07) is 24.4. The molecule has 9 nitrogen and oxygen atoms in total. The molecule has 0 saturated carbocycles. The van der Waals surface area contributed by atoms with Gasteiger partial charge in [-0.15, -0.1) is 0 Å². The molecule has 230 valence electrons. The molecule has 2 amide bonds. The Morgan fingerprint density at radius 1 is 0.667 bits per heavy atom. The van der Waals surface area contributed by atoms with Crippen LogP contribution in [0.4, 0.5) is 0 Å². The number of nitrogens with one attached hydrogen (secondary N) is 2. The third-order valence-corrected chi connectivity index (χ3v) is 8.22. The first-order valence-corrected chi connectivity index (χ1v) is 14.7. The molecule has 4 rings (SSSR count). The van der Waals surface area contributed by atoms with Gasteiger partial charge in [0.1, 0.15) is 0 Å². The first kappa shape index (κ1) is 39.3. The van der Waals surface area contributed by atoms with Gasteiger partial charge in [-0.05, 0) is 84.6 Å². The van der Waals surface area contributed by atoms with E-state index in [-0.39, 0.29) is 47.7 Å². The van der Waals surface area contributed by atoms with Crippen LogP contribution in [0.1, 0.15) is 63.7 Å². The fourth-order valence-electron chi connectivity index (χ4n) is 3.90. The van der Waals surface area contributed by atoms with Crippen molar-refractivity contribution in [1.82, 2.24) is 10.6 Å². The summed E-state index contributed by atoms with van der Waals surface area (Å²) in [5, 5.41) is 14.5. The smallest absolute Gasteiger partial charge is 0.870 e. The van der Waals surface area contributed by atoms with Crippen molar-refractivity contribution >= 4 is 55.6 Å². The van der Waals surface area contributed by atoms with E-state index in [0.29, 0.717) is 29.8 Å². The maximum absolute atomic E-state index is 12.2. The standard InChI is InChI=1S/C17H16BrNO3.C16H14BrNO3.Li.H2O/c1-11-14(4-3-5-15(11)18)16(20)19-10-12-6-8-13(9-7-12)17(21)22-2;1-10-13(3-2-4-14(10)17)15(19)18-9-11-5-7-12(8-6-11)16(20)21;;/h3-9H,10H2,1-2H3,(H,19,20);2-8H,9H2,1H3,(H,18,19)(H,20,21);;1H2/q;;+1;/p-1. The number of hydrogen-bond donors (Lipinski definition) is 3. The zero-order chi connectivity index (χ0) is 31.5. The minimum Gasteiger partial charge on any atom is -0.870 e. The molecule has 0 heterocycles. The quantitative estimate of drug-likeness (QED) is 0.185. The van der Waals surface area contributed by atoms with Crippen molar-refractivity contribution in [3.05, 3.63) is 138 Å². The third-order valence-electron chi connectivity index (χ3n) is 6.51. The fourth-order valence-corrected chi connectivity index (χ4v) is 4.64. The van der Waals surface area contributed by atoms with Crippen LogP contribution in [0.2, 0.25) is 0 Å². The average Bonchev–Trinajstić information content (AvgIpc) is 3.01. The number of benzene rings is 4. The minimum atomic E-state index is -0.963. The Bertz CT molecular complexity index is 1630. The second kappa shape index (κ2) is 18.9. The van der Waals surface area contributed by atoms with Gasteiger partial charge in [-0.2, -0.15) is 0 Å². The number of amides is 2. The number of esters is 1. The molecule has 0 fully saturated rings. The van der Waals surface area contributed by atoms with Gasteiger partial charge in [0.25, 0.3) is 11.8 Å². The van der Waals surface area contributed by atoms with E-state index in [9.17, 15) is 19.2 Å². The summed E-state index contributed by atoms with van der Waals surface area (Å²) in [5.41, 5.74) is 5.52.